The van der Waals surface area contributed by atoms with Crippen molar-refractivity contribution in [3.63, 3.8) is 0 Å². The Labute approximate surface area is 180 Å². The highest BCUT2D eigenvalue weighted by Crippen LogP contribution is 2.21. The quantitative estimate of drug-likeness (QED) is 0.465. The van der Waals surface area contributed by atoms with Crippen molar-refractivity contribution in [2.24, 2.45) is 11.1 Å². The molecular formula is C21H30N6O4. The van der Waals surface area contributed by atoms with Crippen LogP contribution >= 0.6 is 0 Å². The van der Waals surface area contributed by atoms with Crippen LogP contribution < -0.4 is 16.5 Å². The Morgan fingerprint density at radius 3 is 2.45 bits per heavy atom. The molecule has 2 aromatic rings. The molecule has 1 aromatic heterocycles. The van der Waals surface area contributed by atoms with Gasteiger partial charge in [0.05, 0.1) is 17.6 Å². The molecule has 0 spiro atoms. The number of hydrogen-bond acceptors (Lipinski definition) is 5. The van der Waals surface area contributed by atoms with Crippen LogP contribution in [0, 0.1) is 5.41 Å². The maximum absolute atomic E-state index is 13.0. The first kappa shape index (κ1) is 23.8. The molecule has 2 rings (SSSR count). The fourth-order valence-corrected chi connectivity index (χ4v) is 2.98. The second-order valence-electron chi connectivity index (χ2n) is 8.48. The van der Waals surface area contributed by atoms with E-state index in [1.54, 1.807) is 19.1 Å². The molecule has 1 atom stereocenters. The lowest BCUT2D eigenvalue weighted by Crippen LogP contribution is -2.55. The Bertz CT molecular complexity index is 929. The summed E-state index contributed by atoms with van der Waals surface area (Å²) < 4.78 is 0. The number of carbonyl (C=O) groups is 4. The zero-order valence-corrected chi connectivity index (χ0v) is 18.3. The first-order chi connectivity index (χ1) is 14.5. The van der Waals surface area contributed by atoms with Gasteiger partial charge in [-0.25, -0.2) is 4.98 Å². The van der Waals surface area contributed by atoms with Gasteiger partial charge >= 0.3 is 0 Å². The topological polar surface area (TPSA) is 150 Å². The molecule has 1 heterocycles. The van der Waals surface area contributed by atoms with Crippen LogP contribution in [0.2, 0.25) is 0 Å². The van der Waals surface area contributed by atoms with Crippen molar-refractivity contribution in [3.05, 3.63) is 30.1 Å². The lowest BCUT2D eigenvalue weighted by atomic mass is 9.88. The van der Waals surface area contributed by atoms with Crippen LogP contribution in [0.4, 0.5) is 0 Å². The molecule has 1 aromatic carbocycles. The lowest BCUT2D eigenvalue weighted by Gasteiger charge is -2.29. The minimum atomic E-state index is -0.929. The summed E-state index contributed by atoms with van der Waals surface area (Å²) in [6.45, 7) is 7.39. The molecule has 10 nitrogen and oxygen atoms in total. The van der Waals surface area contributed by atoms with Crippen LogP contribution in [-0.2, 0) is 14.4 Å². The molecule has 0 aliphatic carbocycles. The van der Waals surface area contributed by atoms with Crippen molar-refractivity contribution in [2.45, 2.75) is 53.0 Å². The third kappa shape index (κ3) is 7.09. The van der Waals surface area contributed by atoms with Crippen molar-refractivity contribution in [3.8, 4) is 0 Å². The summed E-state index contributed by atoms with van der Waals surface area (Å²) in [7, 11) is 0. The number of rotatable bonds is 8. The molecule has 0 aliphatic heterocycles. The average Bonchev–Trinajstić information content (AvgIpc) is 3.13. The molecule has 0 aliphatic rings. The van der Waals surface area contributed by atoms with E-state index in [1.165, 1.54) is 0 Å². The first-order valence-electron chi connectivity index (χ1n) is 10.1. The second-order valence-corrected chi connectivity index (χ2v) is 8.48. The number of nitrogens with two attached hydrogens (primary N) is 1. The van der Waals surface area contributed by atoms with Gasteiger partial charge in [-0.05, 0) is 24.0 Å². The van der Waals surface area contributed by atoms with Gasteiger partial charge in [0.1, 0.15) is 6.04 Å². The number of nitrogens with zero attached hydrogens (tertiary/aromatic N) is 2. The Balaban J connectivity index is 2.18. The van der Waals surface area contributed by atoms with Gasteiger partial charge in [-0.15, -0.1) is 0 Å². The molecule has 0 fully saturated rings. The molecule has 0 saturated carbocycles. The number of primary amides is 1. The third-order valence-electron chi connectivity index (χ3n) is 4.47. The van der Waals surface area contributed by atoms with Crippen molar-refractivity contribution in [1.82, 2.24) is 25.7 Å². The third-order valence-corrected chi connectivity index (χ3v) is 4.47. The van der Waals surface area contributed by atoms with E-state index in [0.717, 1.165) is 5.01 Å². The lowest BCUT2D eigenvalue weighted by molar-refractivity contribution is -0.142. The van der Waals surface area contributed by atoms with Crippen molar-refractivity contribution < 1.29 is 19.2 Å². The van der Waals surface area contributed by atoms with Gasteiger partial charge in [0.2, 0.25) is 11.8 Å². The molecule has 0 unspecified atom stereocenters. The molecule has 31 heavy (non-hydrogen) atoms. The zero-order chi connectivity index (χ0) is 23.2. The number of H-pyrrole nitrogens is 1. The smallest absolute Gasteiger partial charge is 0.287 e. The van der Waals surface area contributed by atoms with Crippen LogP contribution in [0.3, 0.4) is 0 Å². The van der Waals surface area contributed by atoms with E-state index in [-0.39, 0.29) is 36.5 Å². The van der Waals surface area contributed by atoms with Crippen molar-refractivity contribution in [1.29, 1.82) is 0 Å². The van der Waals surface area contributed by atoms with Crippen LogP contribution in [0.25, 0.3) is 11.0 Å². The van der Waals surface area contributed by atoms with E-state index in [2.05, 4.69) is 20.7 Å². The summed E-state index contributed by atoms with van der Waals surface area (Å²) in [5.41, 5.74) is 8.73. The average molecular weight is 431 g/mol. The fourth-order valence-electron chi connectivity index (χ4n) is 2.98. The maximum Gasteiger partial charge on any atom is 0.287 e. The van der Waals surface area contributed by atoms with E-state index in [1.807, 2.05) is 32.9 Å². The van der Waals surface area contributed by atoms with E-state index in [4.69, 9.17) is 5.73 Å². The van der Waals surface area contributed by atoms with Crippen molar-refractivity contribution >= 4 is 34.7 Å². The number of carbonyl (C=O) groups excluding carboxylic acids is 4. The Hall–Kier alpha value is -3.43. The van der Waals surface area contributed by atoms with Gasteiger partial charge in [-0.3, -0.25) is 29.6 Å². The summed E-state index contributed by atoms with van der Waals surface area (Å²) in [5, 5.41) is 3.77. The summed E-state index contributed by atoms with van der Waals surface area (Å²) in [5.74, 6) is -1.97. The summed E-state index contributed by atoms with van der Waals surface area (Å²) >= 11 is 0. The number of aromatic amines is 1. The van der Waals surface area contributed by atoms with Crippen LogP contribution in [0.5, 0.6) is 0 Å². The van der Waals surface area contributed by atoms with Crippen molar-refractivity contribution in [2.75, 3.05) is 6.54 Å². The first-order valence-corrected chi connectivity index (χ1v) is 10.1. The number of benzene rings is 1. The van der Waals surface area contributed by atoms with E-state index in [0.29, 0.717) is 17.5 Å². The Morgan fingerprint density at radius 1 is 1.19 bits per heavy atom. The number of imidazole rings is 1. The minimum absolute atomic E-state index is 0.0481. The monoisotopic (exact) mass is 430 g/mol. The largest absolute Gasteiger partial charge is 0.370 e. The number of hydrogen-bond donors (Lipinski definition) is 4. The SMILES string of the molecule is CCC(=O)N(CCC(N)=O)NC(=O)[C@H](CC(C)(C)C)NC(=O)c1nc2ccccc2[nH]1. The van der Waals surface area contributed by atoms with Gasteiger partial charge < -0.3 is 16.0 Å². The number of nitrogens with one attached hydrogen (secondary N) is 3. The van der Waals surface area contributed by atoms with E-state index >= 15 is 0 Å². The minimum Gasteiger partial charge on any atom is -0.370 e. The highest BCUT2D eigenvalue weighted by molar-refractivity contribution is 5.97. The molecule has 5 N–H and O–H groups in total. The van der Waals surface area contributed by atoms with E-state index in [9.17, 15) is 19.2 Å². The number of hydrazine groups is 1. The molecular weight excluding hydrogens is 400 g/mol. The number of amides is 4. The van der Waals surface area contributed by atoms with Crippen LogP contribution in [-0.4, -0.2) is 51.2 Å². The molecule has 4 amide bonds. The number of aromatic nitrogens is 2. The highest BCUT2D eigenvalue weighted by atomic mass is 16.2. The maximum atomic E-state index is 13.0. The predicted octanol–water partition coefficient (Wildman–Crippen LogP) is 1.24. The van der Waals surface area contributed by atoms with Crippen LogP contribution in [0.15, 0.2) is 24.3 Å². The van der Waals surface area contributed by atoms with Gasteiger partial charge in [0, 0.05) is 12.8 Å². The highest BCUT2D eigenvalue weighted by Gasteiger charge is 2.29. The zero-order valence-electron chi connectivity index (χ0n) is 18.3. The molecule has 168 valence electrons. The summed E-state index contributed by atoms with van der Waals surface area (Å²) in [6.07, 6.45) is 0.352. The van der Waals surface area contributed by atoms with Gasteiger partial charge in [-0.2, -0.15) is 0 Å². The number of para-hydroxylation sites is 2. The van der Waals surface area contributed by atoms with Gasteiger partial charge in [0.25, 0.3) is 11.8 Å². The Kier molecular flexibility index (Phi) is 7.73. The number of fused-ring (bicyclic) bond motifs is 1. The summed E-state index contributed by atoms with van der Waals surface area (Å²) in [4.78, 5) is 56.2. The molecule has 0 radical (unpaired) electrons. The normalized spacial score (nSPS) is 12.3. The fraction of sp³-hybridized carbons (Fsp3) is 0.476. The molecule has 10 heteroatoms. The standard InChI is InChI=1S/C21H30N6O4/c1-5-17(29)27(11-10-16(22)28)26-19(30)15(12-21(2,3)4)25-20(31)18-23-13-8-6-7-9-14(13)24-18/h6-9,15H,5,10-12H2,1-4H3,(H2,22,28)(H,23,24)(H,25,31)(H,26,30)/t15-/m0/s1. The summed E-state index contributed by atoms with van der Waals surface area (Å²) in [6, 6.07) is 6.28. The predicted molar refractivity (Wildman–Crippen MR) is 115 cm³/mol. The van der Waals surface area contributed by atoms with E-state index < -0.39 is 23.8 Å². The molecule has 0 bridgehead atoms. The van der Waals surface area contributed by atoms with Crippen LogP contribution in [0.1, 0.15) is 57.6 Å². The second kappa shape index (κ2) is 10.1. The van der Waals surface area contributed by atoms with Gasteiger partial charge in [-0.1, -0.05) is 39.8 Å². The molecule has 0 saturated heterocycles. The van der Waals surface area contributed by atoms with Gasteiger partial charge in [0.15, 0.2) is 5.82 Å². The Morgan fingerprint density at radius 2 is 1.87 bits per heavy atom.